The second-order valence-electron chi connectivity index (χ2n) is 10.9. The first-order valence-corrected chi connectivity index (χ1v) is 11.3. The summed E-state index contributed by atoms with van der Waals surface area (Å²) in [6.07, 6.45) is -0.764. The summed E-state index contributed by atoms with van der Waals surface area (Å²) in [6.45, 7) is 12.2. The molecule has 0 bridgehead atoms. The van der Waals surface area contributed by atoms with Crippen molar-refractivity contribution in [1.82, 2.24) is 10.2 Å². The largest absolute Gasteiger partial charge is 0.391 e. The molecule has 1 heterocycles. The number of nitrogens with two attached hydrogens (primary N) is 1. The molecule has 186 valence electrons. The molecule has 0 radical (unpaired) electrons. The monoisotopic (exact) mass is 468 g/mol. The first kappa shape index (κ1) is 27.1. The number of hydrogen-bond acceptors (Lipinski definition) is 5. The van der Waals surface area contributed by atoms with Crippen LogP contribution in [0.5, 0.6) is 0 Å². The quantitative estimate of drug-likeness (QED) is 0.544. The predicted octanol–water partition coefficient (Wildman–Crippen LogP) is 2.27. The first-order valence-electron chi connectivity index (χ1n) is 11.3. The highest BCUT2D eigenvalue weighted by Crippen LogP contribution is 2.30. The third-order valence-electron chi connectivity index (χ3n) is 6.00. The number of halogens is 2. The first-order chi connectivity index (χ1) is 15.1. The third kappa shape index (κ3) is 7.19. The number of piperazine rings is 1. The Morgan fingerprint density at radius 2 is 1.85 bits per heavy atom. The molecule has 1 fully saturated rings. The number of hydrogen-bond donors (Lipinski definition) is 3. The number of rotatable bonds is 8. The SMILES string of the molecule is C[C@H](C[C@H](O)[C@@H](N)CN1CC(=O)N(c2c(F)cccc2F)CC1(C)C)C(=O)NCC(C)(C)C. The Balaban J connectivity index is 2.00. The minimum absolute atomic E-state index is 0.0454. The molecule has 0 aliphatic carbocycles. The molecule has 2 amide bonds. The molecule has 0 aromatic heterocycles. The number of amides is 2. The summed E-state index contributed by atoms with van der Waals surface area (Å²) < 4.78 is 28.5. The lowest BCUT2D eigenvalue weighted by molar-refractivity contribution is -0.126. The molecule has 33 heavy (non-hydrogen) atoms. The van der Waals surface area contributed by atoms with Gasteiger partial charge in [-0.1, -0.05) is 33.8 Å². The minimum Gasteiger partial charge on any atom is -0.391 e. The third-order valence-corrected chi connectivity index (χ3v) is 6.00. The van der Waals surface area contributed by atoms with E-state index >= 15 is 0 Å². The smallest absolute Gasteiger partial charge is 0.241 e. The second kappa shape index (κ2) is 10.4. The average molecular weight is 469 g/mol. The molecular formula is C24H38F2N4O3. The van der Waals surface area contributed by atoms with Gasteiger partial charge in [-0.2, -0.15) is 0 Å². The van der Waals surface area contributed by atoms with Crippen LogP contribution in [0, 0.1) is 23.0 Å². The maximum atomic E-state index is 14.2. The van der Waals surface area contributed by atoms with E-state index in [1.807, 2.05) is 39.5 Å². The van der Waals surface area contributed by atoms with Crippen LogP contribution in [0.1, 0.15) is 48.0 Å². The Bertz CT molecular complexity index is 836. The maximum absolute atomic E-state index is 14.2. The summed E-state index contributed by atoms with van der Waals surface area (Å²) in [4.78, 5) is 28.0. The predicted molar refractivity (Wildman–Crippen MR) is 125 cm³/mol. The van der Waals surface area contributed by atoms with Crippen molar-refractivity contribution in [2.24, 2.45) is 17.1 Å². The number of carbonyl (C=O) groups is 2. The van der Waals surface area contributed by atoms with Crippen LogP contribution < -0.4 is 16.0 Å². The fourth-order valence-electron chi connectivity index (χ4n) is 3.85. The van der Waals surface area contributed by atoms with E-state index in [-0.39, 0.29) is 43.1 Å². The van der Waals surface area contributed by atoms with E-state index in [0.717, 1.165) is 17.0 Å². The number of aliphatic hydroxyl groups excluding tert-OH is 1. The molecule has 9 heteroatoms. The van der Waals surface area contributed by atoms with Gasteiger partial charge in [-0.05, 0) is 37.8 Å². The Labute approximate surface area is 195 Å². The van der Waals surface area contributed by atoms with Gasteiger partial charge in [-0.15, -0.1) is 0 Å². The van der Waals surface area contributed by atoms with Crippen LogP contribution >= 0.6 is 0 Å². The van der Waals surface area contributed by atoms with Crippen molar-refractivity contribution < 1.29 is 23.5 Å². The second-order valence-corrected chi connectivity index (χ2v) is 10.9. The molecule has 7 nitrogen and oxygen atoms in total. The van der Waals surface area contributed by atoms with Crippen LogP contribution in [-0.2, 0) is 9.59 Å². The summed E-state index contributed by atoms with van der Waals surface area (Å²) >= 11 is 0. The van der Waals surface area contributed by atoms with Crippen molar-refractivity contribution >= 4 is 17.5 Å². The van der Waals surface area contributed by atoms with Gasteiger partial charge in [0.1, 0.15) is 17.3 Å². The number of anilines is 1. The van der Waals surface area contributed by atoms with Crippen LogP contribution in [0.4, 0.5) is 14.5 Å². The van der Waals surface area contributed by atoms with Crippen LogP contribution in [0.25, 0.3) is 0 Å². The van der Waals surface area contributed by atoms with E-state index in [2.05, 4.69) is 5.32 Å². The van der Waals surface area contributed by atoms with E-state index in [9.17, 15) is 23.5 Å². The molecular weight excluding hydrogens is 430 g/mol. The Hall–Kier alpha value is -2.10. The van der Waals surface area contributed by atoms with Gasteiger partial charge in [0.05, 0.1) is 12.6 Å². The normalized spacial score (nSPS) is 19.8. The molecule has 1 aliphatic rings. The zero-order chi connectivity index (χ0) is 25.1. The van der Waals surface area contributed by atoms with Gasteiger partial charge in [-0.3, -0.25) is 14.5 Å². The van der Waals surface area contributed by atoms with E-state index in [0.29, 0.717) is 6.54 Å². The van der Waals surface area contributed by atoms with E-state index in [4.69, 9.17) is 5.73 Å². The zero-order valence-corrected chi connectivity index (χ0v) is 20.5. The van der Waals surface area contributed by atoms with Gasteiger partial charge < -0.3 is 21.1 Å². The van der Waals surface area contributed by atoms with Crippen LogP contribution in [0.15, 0.2) is 18.2 Å². The van der Waals surface area contributed by atoms with Gasteiger partial charge in [0.25, 0.3) is 0 Å². The van der Waals surface area contributed by atoms with Crippen molar-refractivity contribution in [3.8, 4) is 0 Å². The molecule has 0 spiro atoms. The molecule has 4 N–H and O–H groups in total. The van der Waals surface area contributed by atoms with Crippen molar-refractivity contribution in [1.29, 1.82) is 0 Å². The molecule has 3 atom stereocenters. The Kier molecular flexibility index (Phi) is 8.59. The Morgan fingerprint density at radius 1 is 1.27 bits per heavy atom. The molecule has 1 saturated heterocycles. The lowest BCUT2D eigenvalue weighted by atomic mass is 9.93. The summed E-state index contributed by atoms with van der Waals surface area (Å²) in [5.41, 5.74) is 5.19. The summed E-state index contributed by atoms with van der Waals surface area (Å²) in [5.74, 6) is -2.61. The lowest BCUT2D eigenvalue weighted by Crippen LogP contribution is -2.64. The minimum atomic E-state index is -0.951. The molecule has 0 saturated carbocycles. The highest BCUT2D eigenvalue weighted by Gasteiger charge is 2.41. The number of nitrogens with zero attached hydrogens (tertiary/aromatic N) is 2. The molecule has 1 aliphatic heterocycles. The number of aliphatic hydroxyl groups is 1. The molecule has 2 rings (SSSR count). The van der Waals surface area contributed by atoms with Crippen molar-refractivity contribution in [2.45, 2.75) is 65.6 Å². The fraction of sp³-hybridized carbons (Fsp3) is 0.667. The number of carbonyl (C=O) groups excluding carboxylic acids is 2. The molecule has 1 aromatic carbocycles. The van der Waals surface area contributed by atoms with Crippen LogP contribution in [0.3, 0.4) is 0 Å². The zero-order valence-electron chi connectivity index (χ0n) is 20.5. The van der Waals surface area contributed by atoms with Crippen molar-refractivity contribution in [2.75, 3.05) is 31.1 Å². The molecule has 0 unspecified atom stereocenters. The Morgan fingerprint density at radius 3 is 2.39 bits per heavy atom. The standard InChI is InChI=1S/C24H38F2N4O3/c1-15(22(33)28-13-23(2,3)4)10-19(31)18(27)11-29-12-20(32)30(14-24(29,5)6)21-16(25)8-7-9-17(21)26/h7-9,15,18-19,31H,10-14,27H2,1-6H3,(H,28,33)/t15-,18+,19+/m1/s1. The van der Waals surface area contributed by atoms with Crippen molar-refractivity contribution in [3.63, 3.8) is 0 Å². The van der Waals surface area contributed by atoms with Crippen molar-refractivity contribution in [3.05, 3.63) is 29.8 Å². The maximum Gasteiger partial charge on any atom is 0.241 e. The van der Waals surface area contributed by atoms with E-state index < -0.39 is 41.1 Å². The van der Waals surface area contributed by atoms with Gasteiger partial charge in [0.15, 0.2) is 0 Å². The summed E-state index contributed by atoms with van der Waals surface area (Å²) in [6, 6.07) is 2.80. The highest BCUT2D eigenvalue weighted by molar-refractivity contribution is 5.96. The van der Waals surface area contributed by atoms with Gasteiger partial charge >= 0.3 is 0 Å². The van der Waals surface area contributed by atoms with Gasteiger partial charge in [-0.25, -0.2) is 8.78 Å². The fourth-order valence-corrected chi connectivity index (χ4v) is 3.85. The van der Waals surface area contributed by atoms with E-state index in [1.54, 1.807) is 6.92 Å². The van der Waals surface area contributed by atoms with E-state index in [1.165, 1.54) is 6.07 Å². The summed E-state index contributed by atoms with van der Waals surface area (Å²) in [5, 5.41) is 13.5. The highest BCUT2D eigenvalue weighted by atomic mass is 19.1. The topological polar surface area (TPSA) is 98.9 Å². The number of para-hydroxylation sites is 1. The molecule has 1 aromatic rings. The lowest BCUT2D eigenvalue weighted by Gasteiger charge is -2.47. The number of nitrogens with one attached hydrogen (secondary N) is 1. The van der Waals surface area contributed by atoms with Gasteiger partial charge in [0, 0.05) is 37.1 Å². The van der Waals surface area contributed by atoms with Crippen LogP contribution in [0.2, 0.25) is 0 Å². The van der Waals surface area contributed by atoms with Gasteiger partial charge in [0.2, 0.25) is 11.8 Å². The van der Waals surface area contributed by atoms with Crippen LogP contribution in [-0.4, -0.2) is 65.7 Å². The summed E-state index contributed by atoms with van der Waals surface area (Å²) in [7, 11) is 0. The number of benzene rings is 1. The average Bonchev–Trinajstić information content (AvgIpc) is 2.68.